The zero-order valence-corrected chi connectivity index (χ0v) is 18.5. The van der Waals surface area contributed by atoms with Crippen molar-refractivity contribution in [3.8, 4) is 11.5 Å². The Morgan fingerprint density at radius 1 is 1.26 bits per heavy atom. The number of rotatable bonds is 6. The Bertz CT molecular complexity index is 995. The van der Waals surface area contributed by atoms with E-state index < -0.39 is 0 Å². The monoisotopic (exact) mass is 424 g/mol. The molecule has 1 aromatic heterocycles. The number of carbonyl (C=O) groups is 1. The summed E-state index contributed by atoms with van der Waals surface area (Å²) in [5, 5.41) is 30.2. The molecule has 2 N–H and O–H groups in total. The summed E-state index contributed by atoms with van der Waals surface area (Å²) in [6, 6.07) is 1.71. The lowest BCUT2D eigenvalue weighted by molar-refractivity contribution is 0.0703. The summed E-state index contributed by atoms with van der Waals surface area (Å²) in [6.45, 7) is 5.75. The topological polar surface area (TPSA) is 91.5 Å². The van der Waals surface area contributed by atoms with Crippen LogP contribution in [0.25, 0.3) is 0 Å². The lowest BCUT2D eigenvalue weighted by Gasteiger charge is -2.29. The van der Waals surface area contributed by atoms with Crippen molar-refractivity contribution >= 4 is 5.91 Å². The highest BCUT2D eigenvalue weighted by Crippen LogP contribution is 2.44. The zero-order valence-electron chi connectivity index (χ0n) is 18.5. The second kappa shape index (κ2) is 9.12. The van der Waals surface area contributed by atoms with Gasteiger partial charge in [0.2, 0.25) is 0 Å². The molecule has 7 heteroatoms. The van der Waals surface area contributed by atoms with Crippen LogP contribution < -0.4 is 0 Å². The van der Waals surface area contributed by atoms with Gasteiger partial charge in [0.25, 0.3) is 5.91 Å². The summed E-state index contributed by atoms with van der Waals surface area (Å²) >= 11 is 0. The van der Waals surface area contributed by atoms with Gasteiger partial charge in [-0.15, -0.1) is 10.2 Å². The molecule has 166 valence electrons. The molecule has 2 aromatic rings. The fraction of sp³-hybridized carbons (Fsp3) is 0.542. The maximum Gasteiger partial charge on any atom is 0.258 e. The van der Waals surface area contributed by atoms with E-state index in [9.17, 15) is 15.0 Å². The van der Waals surface area contributed by atoms with E-state index in [1.165, 1.54) is 5.57 Å². The van der Waals surface area contributed by atoms with E-state index in [0.717, 1.165) is 49.9 Å². The van der Waals surface area contributed by atoms with Crippen LogP contribution in [0.5, 0.6) is 11.5 Å². The van der Waals surface area contributed by atoms with Gasteiger partial charge in [-0.05, 0) is 50.7 Å². The second-order valence-corrected chi connectivity index (χ2v) is 8.83. The summed E-state index contributed by atoms with van der Waals surface area (Å²) < 4.78 is 1.95. The number of allylic oxidation sites excluding steroid dienone is 2. The molecule has 1 aliphatic carbocycles. The minimum atomic E-state index is -0.198. The third-order valence-electron chi connectivity index (χ3n) is 6.53. The van der Waals surface area contributed by atoms with Gasteiger partial charge in [-0.25, -0.2) is 0 Å². The van der Waals surface area contributed by atoms with Gasteiger partial charge in [0.1, 0.15) is 17.8 Å². The maximum atomic E-state index is 13.6. The average molecular weight is 425 g/mol. The number of fused-ring (bicyclic) bond motifs is 1. The highest BCUT2D eigenvalue weighted by molar-refractivity contribution is 5.99. The van der Waals surface area contributed by atoms with Gasteiger partial charge in [-0.1, -0.05) is 31.4 Å². The van der Waals surface area contributed by atoms with E-state index >= 15 is 0 Å². The fourth-order valence-corrected chi connectivity index (χ4v) is 4.83. The van der Waals surface area contributed by atoms with Gasteiger partial charge in [0.15, 0.2) is 5.82 Å². The molecule has 4 rings (SSSR count). The molecule has 1 amide bonds. The highest BCUT2D eigenvalue weighted by atomic mass is 16.3. The van der Waals surface area contributed by atoms with Crippen LogP contribution in [-0.2, 0) is 19.5 Å². The van der Waals surface area contributed by atoms with Gasteiger partial charge >= 0.3 is 0 Å². The minimum absolute atomic E-state index is 0.0560. The summed E-state index contributed by atoms with van der Waals surface area (Å²) in [4.78, 5) is 15.4. The molecule has 31 heavy (non-hydrogen) atoms. The Morgan fingerprint density at radius 2 is 2.10 bits per heavy atom. The predicted octanol–water partition coefficient (Wildman–Crippen LogP) is 4.29. The van der Waals surface area contributed by atoms with E-state index in [4.69, 9.17) is 0 Å². The van der Waals surface area contributed by atoms with Gasteiger partial charge < -0.3 is 19.7 Å². The molecule has 0 spiro atoms. The fourth-order valence-electron chi connectivity index (χ4n) is 4.83. The first-order chi connectivity index (χ1) is 15.0. The standard InChI is InChI=1S/C24H32N4O3/c1-3-4-5-8-18-13-19(29)21(17-9-6-7-16(2)12-17)23(30)22(18)24(31)27-10-11-28-15-25-26-20(28)14-27/h12-13,15,17,29-30H,3-11,14H2,1-2H3. The highest BCUT2D eigenvalue weighted by Gasteiger charge is 2.31. The van der Waals surface area contributed by atoms with Crippen LogP contribution in [0.2, 0.25) is 0 Å². The second-order valence-electron chi connectivity index (χ2n) is 8.83. The van der Waals surface area contributed by atoms with E-state index in [-0.39, 0.29) is 23.3 Å². The first-order valence-electron chi connectivity index (χ1n) is 11.4. The average Bonchev–Trinajstić information content (AvgIpc) is 3.21. The smallest absolute Gasteiger partial charge is 0.258 e. The lowest BCUT2D eigenvalue weighted by Crippen LogP contribution is -2.38. The van der Waals surface area contributed by atoms with Gasteiger partial charge in [-0.3, -0.25) is 4.79 Å². The molecule has 0 radical (unpaired) electrons. The van der Waals surface area contributed by atoms with E-state index in [1.54, 1.807) is 17.3 Å². The molecule has 1 atom stereocenters. The molecule has 0 saturated heterocycles. The van der Waals surface area contributed by atoms with Crippen molar-refractivity contribution in [1.82, 2.24) is 19.7 Å². The Hall–Kier alpha value is -2.83. The van der Waals surface area contributed by atoms with Gasteiger partial charge in [-0.2, -0.15) is 0 Å². The van der Waals surface area contributed by atoms with Crippen molar-refractivity contribution < 1.29 is 15.0 Å². The van der Waals surface area contributed by atoms with Crippen molar-refractivity contribution in [2.45, 2.75) is 77.8 Å². The van der Waals surface area contributed by atoms with E-state index in [2.05, 4.69) is 30.1 Å². The molecular weight excluding hydrogens is 392 g/mol. The number of aryl methyl sites for hydroxylation is 1. The van der Waals surface area contributed by atoms with Gasteiger partial charge in [0.05, 0.1) is 12.1 Å². The van der Waals surface area contributed by atoms with Crippen molar-refractivity contribution in [3.05, 3.63) is 46.6 Å². The Balaban J connectivity index is 1.73. The van der Waals surface area contributed by atoms with Gasteiger partial charge in [0, 0.05) is 24.6 Å². The number of hydrogen-bond donors (Lipinski definition) is 2. The van der Waals surface area contributed by atoms with E-state index in [1.807, 2.05) is 4.57 Å². The number of aromatic hydroxyl groups is 2. The number of aromatic nitrogens is 3. The molecule has 0 fully saturated rings. The van der Waals surface area contributed by atoms with Crippen LogP contribution in [0.15, 0.2) is 24.0 Å². The lowest BCUT2D eigenvalue weighted by atomic mass is 9.83. The predicted molar refractivity (Wildman–Crippen MR) is 118 cm³/mol. The summed E-state index contributed by atoms with van der Waals surface area (Å²) in [5.41, 5.74) is 2.81. The molecular formula is C24H32N4O3. The maximum absolute atomic E-state index is 13.6. The number of nitrogens with zero attached hydrogens (tertiary/aromatic N) is 4. The largest absolute Gasteiger partial charge is 0.507 e. The first kappa shape index (κ1) is 21.4. The SMILES string of the molecule is CCCCCc1cc(O)c(C2C=C(C)CCC2)c(O)c1C(=O)N1CCn2cnnc2C1. The molecule has 1 unspecified atom stereocenters. The molecule has 2 aliphatic rings. The van der Waals surface area contributed by atoms with Crippen molar-refractivity contribution in [1.29, 1.82) is 0 Å². The third kappa shape index (κ3) is 4.31. The Kier molecular flexibility index (Phi) is 6.30. The number of phenolic OH excluding ortho intramolecular Hbond substituents is 2. The Morgan fingerprint density at radius 3 is 2.87 bits per heavy atom. The molecule has 7 nitrogen and oxygen atoms in total. The van der Waals surface area contributed by atoms with Crippen LogP contribution in [0, 0.1) is 0 Å². The van der Waals surface area contributed by atoms with Crippen LogP contribution in [-0.4, -0.2) is 42.3 Å². The number of unbranched alkanes of at least 4 members (excludes halogenated alkanes) is 2. The zero-order chi connectivity index (χ0) is 22.0. The summed E-state index contributed by atoms with van der Waals surface area (Å²) in [5.74, 6) is 0.510. The summed E-state index contributed by atoms with van der Waals surface area (Å²) in [7, 11) is 0. The molecule has 2 heterocycles. The molecule has 1 aliphatic heterocycles. The quantitative estimate of drug-likeness (QED) is 0.533. The molecule has 0 saturated carbocycles. The Labute approximate surface area is 183 Å². The third-order valence-corrected chi connectivity index (χ3v) is 6.53. The number of hydrogen-bond acceptors (Lipinski definition) is 5. The number of benzene rings is 1. The summed E-state index contributed by atoms with van der Waals surface area (Å²) in [6.07, 6.45) is 10.4. The number of carbonyl (C=O) groups excluding carboxylic acids is 1. The van der Waals surface area contributed by atoms with Crippen LogP contribution in [0.3, 0.4) is 0 Å². The van der Waals surface area contributed by atoms with Crippen molar-refractivity contribution in [2.75, 3.05) is 6.54 Å². The van der Waals surface area contributed by atoms with Crippen LogP contribution in [0.1, 0.15) is 85.6 Å². The number of phenols is 2. The first-order valence-corrected chi connectivity index (χ1v) is 11.4. The van der Waals surface area contributed by atoms with Crippen LogP contribution in [0.4, 0.5) is 0 Å². The van der Waals surface area contributed by atoms with Crippen LogP contribution >= 0.6 is 0 Å². The number of amides is 1. The minimum Gasteiger partial charge on any atom is -0.507 e. The van der Waals surface area contributed by atoms with E-state index in [0.29, 0.717) is 37.2 Å². The van der Waals surface area contributed by atoms with Crippen molar-refractivity contribution in [3.63, 3.8) is 0 Å². The molecule has 1 aromatic carbocycles. The molecule has 0 bridgehead atoms. The normalized spacial score (nSPS) is 18.6. The van der Waals surface area contributed by atoms with Crippen molar-refractivity contribution in [2.24, 2.45) is 0 Å².